The molecule has 134 valence electrons. The zero-order valence-corrected chi connectivity index (χ0v) is 14.9. The zero-order chi connectivity index (χ0) is 18.1. The van der Waals surface area contributed by atoms with E-state index in [0.717, 1.165) is 0 Å². The largest absolute Gasteiger partial charge is 0.333 e. The smallest absolute Gasteiger partial charge is 0.271 e. The molecule has 0 radical (unpaired) electrons. The lowest BCUT2D eigenvalue weighted by Gasteiger charge is -2.13. The van der Waals surface area contributed by atoms with E-state index in [0.29, 0.717) is 16.2 Å². The lowest BCUT2D eigenvalue weighted by Crippen LogP contribution is -2.31. The van der Waals surface area contributed by atoms with Gasteiger partial charge in [0.25, 0.3) is 0 Å². The minimum absolute atomic E-state index is 0.0341. The van der Waals surface area contributed by atoms with Crippen LogP contribution in [0.2, 0.25) is 5.02 Å². The number of nitrogens with one attached hydrogen (secondary N) is 1. The predicted octanol–water partition coefficient (Wildman–Crippen LogP) is 2.36. The monoisotopic (exact) mass is 381 g/mol. The van der Waals surface area contributed by atoms with E-state index in [1.54, 1.807) is 10.9 Å². The number of aryl methyl sites for hydroxylation is 1. The zero-order valence-electron chi connectivity index (χ0n) is 13.4. The summed E-state index contributed by atoms with van der Waals surface area (Å²) in [5, 5.41) is 8.11. The molecule has 0 saturated carbocycles. The fourth-order valence-electron chi connectivity index (χ4n) is 2.37. The summed E-state index contributed by atoms with van der Waals surface area (Å²) in [5.74, 6) is -0.0819. The number of nitrogens with zero attached hydrogens (tertiary/aromatic N) is 4. The molecule has 0 aliphatic heterocycles. The molecule has 0 aromatic carbocycles. The van der Waals surface area contributed by atoms with Crippen LogP contribution in [-0.4, -0.2) is 34.5 Å². The number of rotatable bonds is 7. The van der Waals surface area contributed by atoms with Crippen molar-refractivity contribution in [2.45, 2.75) is 38.8 Å². The molecule has 2 rings (SSSR count). The Morgan fingerprint density at radius 3 is 2.54 bits per heavy atom. The molecule has 1 atom stereocenters. The van der Waals surface area contributed by atoms with Gasteiger partial charge in [-0.2, -0.15) is 19.0 Å². The van der Waals surface area contributed by atoms with Gasteiger partial charge in [0.2, 0.25) is 10.0 Å². The van der Waals surface area contributed by atoms with Crippen LogP contribution in [0.25, 0.3) is 0 Å². The highest BCUT2D eigenvalue weighted by Gasteiger charge is 2.27. The summed E-state index contributed by atoms with van der Waals surface area (Å²) in [6.07, 6.45) is 3.12. The minimum Gasteiger partial charge on any atom is -0.271 e. The average molecular weight is 382 g/mol. The fourth-order valence-corrected chi connectivity index (χ4v) is 4.09. The van der Waals surface area contributed by atoms with Crippen LogP contribution < -0.4 is 4.72 Å². The number of aromatic nitrogens is 4. The number of sulfonamides is 1. The van der Waals surface area contributed by atoms with Crippen LogP contribution in [0.1, 0.15) is 24.9 Å². The van der Waals surface area contributed by atoms with Gasteiger partial charge < -0.3 is 0 Å². The molecule has 0 saturated heterocycles. The maximum atomic E-state index is 12.8. The number of hydrogen-bond donors (Lipinski definition) is 1. The van der Waals surface area contributed by atoms with E-state index >= 15 is 0 Å². The van der Waals surface area contributed by atoms with Gasteiger partial charge in [-0.05, 0) is 19.8 Å². The van der Waals surface area contributed by atoms with Crippen molar-refractivity contribution in [3.05, 3.63) is 28.8 Å². The maximum Gasteiger partial charge on any atom is 0.333 e. The second kappa shape index (κ2) is 7.16. The van der Waals surface area contributed by atoms with Crippen LogP contribution in [0.3, 0.4) is 0 Å². The van der Waals surface area contributed by atoms with Crippen molar-refractivity contribution in [1.82, 2.24) is 24.3 Å². The second-order valence-electron chi connectivity index (χ2n) is 5.56. The van der Waals surface area contributed by atoms with Crippen LogP contribution in [0.15, 0.2) is 17.3 Å². The molecule has 0 aliphatic carbocycles. The summed E-state index contributed by atoms with van der Waals surface area (Å²) in [7, 11) is -3.94. The number of alkyl halides is 2. The summed E-state index contributed by atoms with van der Waals surface area (Å²) in [6.45, 7) is 2.21. The van der Waals surface area contributed by atoms with E-state index in [4.69, 9.17) is 11.6 Å². The highest BCUT2D eigenvalue weighted by molar-refractivity contribution is 7.89. The molecule has 11 heteroatoms. The standard InChI is InChI=1S/C13H18ClF2N5O2S/c1-8(6-20-7-11(14)5-17-20)4-18-24(22,23)12-9(2)19-21(10(12)3)13(15)16/h5,7-8,13,18H,4,6H2,1-3H3/t8-/m0/s1. The Morgan fingerprint density at radius 2 is 2.04 bits per heavy atom. The summed E-state index contributed by atoms with van der Waals surface area (Å²) in [6, 6.07) is 0. The molecule has 0 aliphatic rings. The first-order valence-electron chi connectivity index (χ1n) is 7.13. The summed E-state index contributed by atoms with van der Waals surface area (Å²) in [4.78, 5) is -0.211. The average Bonchev–Trinajstić information content (AvgIpc) is 3.00. The molecule has 7 nitrogen and oxygen atoms in total. The molecular weight excluding hydrogens is 364 g/mol. The van der Waals surface area contributed by atoms with Gasteiger partial charge in [0, 0.05) is 19.3 Å². The lowest BCUT2D eigenvalue weighted by atomic mass is 10.2. The Hall–Kier alpha value is -1.52. The van der Waals surface area contributed by atoms with Gasteiger partial charge >= 0.3 is 6.55 Å². The minimum atomic E-state index is -3.94. The maximum absolute atomic E-state index is 12.8. The van der Waals surface area contributed by atoms with Crippen molar-refractivity contribution in [1.29, 1.82) is 0 Å². The Morgan fingerprint density at radius 1 is 1.38 bits per heavy atom. The molecule has 0 unspecified atom stereocenters. The van der Waals surface area contributed by atoms with Crippen molar-refractivity contribution < 1.29 is 17.2 Å². The van der Waals surface area contributed by atoms with Gasteiger partial charge in [0.15, 0.2) is 0 Å². The SMILES string of the molecule is Cc1nn(C(F)F)c(C)c1S(=O)(=O)NC[C@H](C)Cn1cc(Cl)cn1. The van der Waals surface area contributed by atoms with E-state index in [-0.39, 0.29) is 28.7 Å². The van der Waals surface area contributed by atoms with E-state index < -0.39 is 16.6 Å². The molecule has 1 N–H and O–H groups in total. The van der Waals surface area contributed by atoms with Gasteiger partial charge in [-0.15, -0.1) is 0 Å². The first-order valence-corrected chi connectivity index (χ1v) is 8.99. The Bertz CT molecular complexity index is 818. The predicted molar refractivity (Wildman–Crippen MR) is 84.5 cm³/mol. The molecular formula is C13H18ClF2N5O2S. The van der Waals surface area contributed by atoms with Crippen LogP contribution in [0.5, 0.6) is 0 Å². The summed E-state index contributed by atoms with van der Waals surface area (Å²) < 4.78 is 54.9. The Labute approximate surface area is 143 Å². The third-order valence-corrected chi connectivity index (χ3v) is 5.30. The quantitative estimate of drug-likeness (QED) is 0.798. The van der Waals surface area contributed by atoms with Crippen LogP contribution in [-0.2, 0) is 16.6 Å². The van der Waals surface area contributed by atoms with Crippen molar-refractivity contribution in [3.63, 3.8) is 0 Å². The molecule has 0 amide bonds. The van der Waals surface area contributed by atoms with Crippen LogP contribution >= 0.6 is 11.6 Å². The molecule has 24 heavy (non-hydrogen) atoms. The number of halogens is 3. The Kier molecular flexibility index (Phi) is 5.61. The van der Waals surface area contributed by atoms with Crippen molar-refractivity contribution in [2.24, 2.45) is 5.92 Å². The van der Waals surface area contributed by atoms with Gasteiger partial charge in [-0.3, -0.25) is 4.68 Å². The molecule has 0 bridgehead atoms. The van der Waals surface area contributed by atoms with E-state index in [9.17, 15) is 17.2 Å². The van der Waals surface area contributed by atoms with Crippen LogP contribution in [0.4, 0.5) is 8.78 Å². The van der Waals surface area contributed by atoms with Gasteiger partial charge in [-0.1, -0.05) is 18.5 Å². The first kappa shape index (κ1) is 18.8. The normalized spacial score (nSPS) is 13.6. The van der Waals surface area contributed by atoms with Crippen molar-refractivity contribution in [2.75, 3.05) is 6.54 Å². The fraction of sp³-hybridized carbons (Fsp3) is 0.538. The summed E-state index contributed by atoms with van der Waals surface area (Å²) >= 11 is 5.77. The third kappa shape index (κ3) is 4.11. The van der Waals surface area contributed by atoms with E-state index in [2.05, 4.69) is 14.9 Å². The van der Waals surface area contributed by atoms with Crippen molar-refractivity contribution >= 4 is 21.6 Å². The molecule has 0 fully saturated rings. The molecule has 2 aromatic rings. The van der Waals surface area contributed by atoms with E-state index in [1.807, 2.05) is 6.92 Å². The molecule has 2 heterocycles. The Balaban J connectivity index is 2.09. The van der Waals surface area contributed by atoms with E-state index in [1.165, 1.54) is 20.0 Å². The molecule has 0 spiro atoms. The second-order valence-corrected chi connectivity index (χ2v) is 7.70. The third-order valence-electron chi connectivity index (χ3n) is 3.43. The first-order chi connectivity index (χ1) is 11.1. The highest BCUT2D eigenvalue weighted by Crippen LogP contribution is 2.23. The number of hydrogen-bond acceptors (Lipinski definition) is 4. The van der Waals surface area contributed by atoms with Gasteiger partial charge in [-0.25, -0.2) is 17.8 Å². The summed E-state index contributed by atoms with van der Waals surface area (Å²) in [5.41, 5.74) is -0.0617. The van der Waals surface area contributed by atoms with Crippen LogP contribution in [0, 0.1) is 19.8 Å². The lowest BCUT2D eigenvalue weighted by molar-refractivity contribution is 0.0538. The topological polar surface area (TPSA) is 81.8 Å². The van der Waals surface area contributed by atoms with Crippen molar-refractivity contribution in [3.8, 4) is 0 Å². The molecule has 2 aromatic heterocycles. The van der Waals surface area contributed by atoms with Gasteiger partial charge in [0.1, 0.15) is 4.90 Å². The highest BCUT2D eigenvalue weighted by atomic mass is 35.5. The van der Waals surface area contributed by atoms with Gasteiger partial charge in [0.05, 0.1) is 22.6 Å².